The van der Waals surface area contributed by atoms with Crippen LogP contribution in [0.15, 0.2) is 77.3 Å². The lowest BCUT2D eigenvalue weighted by molar-refractivity contribution is 0.834. The predicted molar refractivity (Wildman–Crippen MR) is 103 cm³/mol. The molecule has 0 aliphatic carbocycles. The zero-order valence-electron chi connectivity index (χ0n) is 12.8. The summed E-state index contributed by atoms with van der Waals surface area (Å²) in [5.41, 5.74) is 4.24. The van der Waals surface area contributed by atoms with Gasteiger partial charge in [-0.05, 0) is 42.0 Å². The highest BCUT2D eigenvalue weighted by Crippen LogP contribution is 2.31. The van der Waals surface area contributed by atoms with Crippen molar-refractivity contribution in [3.8, 4) is 11.4 Å². The Morgan fingerprint density at radius 3 is 2.54 bits per heavy atom. The zero-order valence-corrected chi connectivity index (χ0v) is 15.1. The third kappa shape index (κ3) is 2.85. The number of imidazole rings is 1. The SMILES string of the molecule is Clc1ccccc1-c1nc2ccccc2n1Cc1cccc(Br)c1. The van der Waals surface area contributed by atoms with Crippen molar-refractivity contribution >= 4 is 38.6 Å². The van der Waals surface area contributed by atoms with Gasteiger partial charge in [0.1, 0.15) is 5.82 Å². The molecule has 0 fully saturated rings. The normalized spacial score (nSPS) is 11.1. The van der Waals surface area contributed by atoms with Gasteiger partial charge in [-0.1, -0.05) is 63.9 Å². The average molecular weight is 398 g/mol. The molecule has 4 aromatic rings. The molecule has 0 spiro atoms. The number of rotatable bonds is 3. The third-order valence-corrected chi connectivity index (χ3v) is 4.82. The van der Waals surface area contributed by atoms with Crippen molar-refractivity contribution in [2.75, 3.05) is 0 Å². The molecule has 0 aliphatic heterocycles. The lowest BCUT2D eigenvalue weighted by atomic mass is 10.2. The van der Waals surface area contributed by atoms with Crippen LogP contribution in [-0.4, -0.2) is 9.55 Å². The van der Waals surface area contributed by atoms with E-state index in [-0.39, 0.29) is 0 Å². The summed E-state index contributed by atoms with van der Waals surface area (Å²) in [5, 5.41) is 0.711. The number of aromatic nitrogens is 2. The van der Waals surface area contributed by atoms with Crippen molar-refractivity contribution in [2.24, 2.45) is 0 Å². The number of benzene rings is 3. The molecule has 1 heterocycles. The van der Waals surface area contributed by atoms with Gasteiger partial charge in [0.25, 0.3) is 0 Å². The van der Waals surface area contributed by atoms with E-state index in [0.717, 1.165) is 33.4 Å². The molecule has 4 heteroatoms. The molecule has 0 aliphatic rings. The first-order valence-corrected chi connectivity index (χ1v) is 8.84. The summed E-state index contributed by atoms with van der Waals surface area (Å²) in [7, 11) is 0. The second-order valence-electron chi connectivity index (χ2n) is 5.62. The fourth-order valence-corrected chi connectivity index (χ4v) is 3.57. The molecule has 1 aromatic heterocycles. The minimum atomic E-state index is 0.711. The van der Waals surface area contributed by atoms with Crippen molar-refractivity contribution in [1.82, 2.24) is 9.55 Å². The van der Waals surface area contributed by atoms with Gasteiger partial charge in [0.15, 0.2) is 0 Å². The number of fused-ring (bicyclic) bond motifs is 1. The Morgan fingerprint density at radius 2 is 1.71 bits per heavy atom. The van der Waals surface area contributed by atoms with Gasteiger partial charge in [0, 0.05) is 16.6 Å². The van der Waals surface area contributed by atoms with Crippen LogP contribution in [0, 0.1) is 0 Å². The number of hydrogen-bond donors (Lipinski definition) is 0. The molecule has 0 saturated carbocycles. The van der Waals surface area contributed by atoms with E-state index in [1.165, 1.54) is 5.56 Å². The van der Waals surface area contributed by atoms with E-state index >= 15 is 0 Å². The molecule has 0 N–H and O–H groups in total. The van der Waals surface area contributed by atoms with E-state index in [0.29, 0.717) is 5.02 Å². The largest absolute Gasteiger partial charge is 0.319 e. The molecule has 0 radical (unpaired) electrons. The zero-order chi connectivity index (χ0) is 16.5. The highest BCUT2D eigenvalue weighted by Gasteiger charge is 2.15. The Hall–Kier alpha value is -2.10. The molecular weight excluding hydrogens is 384 g/mol. The van der Waals surface area contributed by atoms with E-state index in [1.54, 1.807) is 0 Å². The minimum absolute atomic E-state index is 0.711. The summed E-state index contributed by atoms with van der Waals surface area (Å²) in [5.74, 6) is 0.891. The Morgan fingerprint density at radius 1 is 0.917 bits per heavy atom. The minimum Gasteiger partial charge on any atom is -0.319 e. The number of nitrogens with zero attached hydrogens (tertiary/aromatic N) is 2. The Kier molecular flexibility index (Phi) is 4.13. The van der Waals surface area contributed by atoms with Crippen LogP contribution in [0.2, 0.25) is 5.02 Å². The quantitative estimate of drug-likeness (QED) is 0.404. The van der Waals surface area contributed by atoms with Crippen LogP contribution in [0.1, 0.15) is 5.56 Å². The van der Waals surface area contributed by atoms with Gasteiger partial charge in [0.2, 0.25) is 0 Å². The first kappa shape index (κ1) is 15.4. The molecule has 118 valence electrons. The van der Waals surface area contributed by atoms with E-state index in [4.69, 9.17) is 16.6 Å². The fourth-order valence-electron chi connectivity index (χ4n) is 2.90. The average Bonchev–Trinajstić information content (AvgIpc) is 2.94. The topological polar surface area (TPSA) is 17.8 Å². The standard InChI is InChI=1S/C20H14BrClN2/c21-15-7-5-6-14(12-15)13-24-19-11-4-3-10-18(19)23-20(24)16-8-1-2-9-17(16)22/h1-12H,13H2. The monoisotopic (exact) mass is 396 g/mol. The second kappa shape index (κ2) is 6.42. The van der Waals surface area contributed by atoms with Crippen LogP contribution in [-0.2, 0) is 6.54 Å². The Balaban J connectivity index is 1.92. The Bertz CT molecular complexity index is 1020. The molecule has 3 aromatic carbocycles. The lowest BCUT2D eigenvalue weighted by Crippen LogP contribution is -2.02. The first-order chi connectivity index (χ1) is 11.7. The summed E-state index contributed by atoms with van der Waals surface area (Å²) >= 11 is 9.97. The van der Waals surface area contributed by atoms with Crippen molar-refractivity contribution in [3.63, 3.8) is 0 Å². The lowest BCUT2D eigenvalue weighted by Gasteiger charge is -2.11. The molecular formula is C20H14BrClN2. The van der Waals surface area contributed by atoms with E-state index < -0.39 is 0 Å². The fraction of sp³-hybridized carbons (Fsp3) is 0.0500. The molecule has 0 unspecified atom stereocenters. The van der Waals surface area contributed by atoms with Gasteiger partial charge < -0.3 is 4.57 Å². The summed E-state index contributed by atoms with van der Waals surface area (Å²) < 4.78 is 3.29. The third-order valence-electron chi connectivity index (χ3n) is 4.00. The van der Waals surface area contributed by atoms with Crippen molar-refractivity contribution in [2.45, 2.75) is 6.54 Å². The van der Waals surface area contributed by atoms with Crippen LogP contribution in [0.4, 0.5) is 0 Å². The van der Waals surface area contributed by atoms with Gasteiger partial charge in [-0.2, -0.15) is 0 Å². The number of hydrogen-bond acceptors (Lipinski definition) is 1. The molecule has 0 bridgehead atoms. The summed E-state index contributed by atoms with van der Waals surface area (Å²) in [6.07, 6.45) is 0. The highest BCUT2D eigenvalue weighted by molar-refractivity contribution is 9.10. The summed E-state index contributed by atoms with van der Waals surface area (Å²) in [6.45, 7) is 0.737. The van der Waals surface area contributed by atoms with Gasteiger partial charge in [-0.15, -0.1) is 0 Å². The summed E-state index contributed by atoms with van der Waals surface area (Å²) in [6, 6.07) is 24.4. The van der Waals surface area contributed by atoms with Crippen molar-refractivity contribution in [3.05, 3.63) is 87.9 Å². The maximum atomic E-state index is 6.43. The number of para-hydroxylation sites is 2. The van der Waals surface area contributed by atoms with E-state index in [1.807, 2.05) is 54.6 Å². The first-order valence-electron chi connectivity index (χ1n) is 7.67. The van der Waals surface area contributed by atoms with E-state index in [9.17, 15) is 0 Å². The van der Waals surface area contributed by atoms with Gasteiger partial charge in [0.05, 0.1) is 16.1 Å². The molecule has 2 nitrogen and oxygen atoms in total. The second-order valence-corrected chi connectivity index (χ2v) is 6.94. The molecule has 0 atom stereocenters. The highest BCUT2D eigenvalue weighted by atomic mass is 79.9. The van der Waals surface area contributed by atoms with Gasteiger partial charge >= 0.3 is 0 Å². The van der Waals surface area contributed by atoms with Gasteiger partial charge in [-0.25, -0.2) is 4.98 Å². The van der Waals surface area contributed by atoms with Crippen molar-refractivity contribution < 1.29 is 0 Å². The van der Waals surface area contributed by atoms with Crippen molar-refractivity contribution in [1.29, 1.82) is 0 Å². The number of halogens is 2. The molecule has 4 rings (SSSR count). The maximum Gasteiger partial charge on any atom is 0.142 e. The predicted octanol–water partition coefficient (Wildman–Crippen LogP) is 6.17. The van der Waals surface area contributed by atoms with Crippen LogP contribution < -0.4 is 0 Å². The molecule has 0 amide bonds. The van der Waals surface area contributed by atoms with Gasteiger partial charge in [-0.3, -0.25) is 0 Å². The molecule has 0 saturated heterocycles. The van der Waals surface area contributed by atoms with Crippen LogP contribution in [0.5, 0.6) is 0 Å². The summed E-state index contributed by atoms with van der Waals surface area (Å²) in [4.78, 5) is 4.83. The van der Waals surface area contributed by atoms with E-state index in [2.05, 4.69) is 38.7 Å². The van der Waals surface area contributed by atoms with Crippen LogP contribution in [0.3, 0.4) is 0 Å². The smallest absolute Gasteiger partial charge is 0.142 e. The molecule has 24 heavy (non-hydrogen) atoms. The Labute approximate surface area is 153 Å². The van der Waals surface area contributed by atoms with Crippen LogP contribution >= 0.6 is 27.5 Å². The maximum absolute atomic E-state index is 6.43. The van der Waals surface area contributed by atoms with Crippen LogP contribution in [0.25, 0.3) is 22.4 Å².